The number of hydrogen-bond donors (Lipinski definition) is 2. The van der Waals surface area contributed by atoms with Gasteiger partial charge in [0.2, 0.25) is 0 Å². The smallest absolute Gasteiger partial charge is 0.359 e. The second-order valence-corrected chi connectivity index (χ2v) is 6.60. The van der Waals surface area contributed by atoms with Crippen LogP contribution in [0.3, 0.4) is 0 Å². The van der Waals surface area contributed by atoms with Crippen LogP contribution in [0, 0.1) is 0 Å². The van der Waals surface area contributed by atoms with E-state index in [9.17, 15) is 26.3 Å². The SMILES string of the molecule is [N-]=[N+]=NC[C@H](Cc1ccccc1)NC(=S)Nc1cc(C(F)(F)F)cc(C(F)(F)F)c1. The summed E-state index contributed by atoms with van der Waals surface area (Å²) >= 11 is 5.03. The second-order valence-electron chi connectivity index (χ2n) is 6.19. The number of anilines is 1. The summed E-state index contributed by atoms with van der Waals surface area (Å²) in [4.78, 5) is 2.66. The predicted octanol–water partition coefficient (Wildman–Crippen LogP) is 5.93. The maximum atomic E-state index is 13.0. The molecule has 1 atom stereocenters. The lowest BCUT2D eigenvalue weighted by molar-refractivity contribution is -0.143. The van der Waals surface area contributed by atoms with E-state index in [1.807, 2.05) is 12.1 Å². The molecule has 0 spiro atoms. The van der Waals surface area contributed by atoms with Gasteiger partial charge in [0, 0.05) is 23.2 Å². The average Bonchev–Trinajstić information content (AvgIpc) is 2.65. The summed E-state index contributed by atoms with van der Waals surface area (Å²) in [6.07, 6.45) is -9.58. The molecule has 0 unspecified atom stereocenters. The fourth-order valence-electron chi connectivity index (χ4n) is 2.57. The standard InChI is InChI=1S/C18H15F6N5S/c19-17(20,21)12-7-13(18(22,23)24)9-14(8-12)27-16(30)28-15(10-26-29-25)6-11-4-2-1-3-5-11/h1-5,7-9,15H,6,10H2,(H2,27,28,30)/t15-/m0/s1. The number of alkyl halides is 6. The summed E-state index contributed by atoms with van der Waals surface area (Å²) in [6.45, 7) is -0.0381. The van der Waals surface area contributed by atoms with Gasteiger partial charge in [-0.3, -0.25) is 0 Å². The summed E-state index contributed by atoms with van der Waals surface area (Å²) in [5.74, 6) is 0. The molecule has 0 bridgehead atoms. The van der Waals surface area contributed by atoms with Gasteiger partial charge in [0.15, 0.2) is 5.11 Å². The Hall–Kier alpha value is -2.98. The summed E-state index contributed by atoms with van der Waals surface area (Å²) < 4.78 is 77.9. The zero-order valence-electron chi connectivity index (χ0n) is 15.1. The molecule has 12 heteroatoms. The molecular weight excluding hydrogens is 432 g/mol. The van der Waals surface area contributed by atoms with Crippen molar-refractivity contribution in [3.8, 4) is 0 Å². The van der Waals surface area contributed by atoms with E-state index in [0.29, 0.717) is 18.6 Å². The van der Waals surface area contributed by atoms with Gasteiger partial charge in [0.25, 0.3) is 0 Å². The zero-order valence-corrected chi connectivity index (χ0v) is 15.9. The highest BCUT2D eigenvalue weighted by molar-refractivity contribution is 7.80. The van der Waals surface area contributed by atoms with Gasteiger partial charge in [-0.05, 0) is 47.9 Å². The number of benzene rings is 2. The molecular formula is C18H15F6N5S. The lowest BCUT2D eigenvalue weighted by Crippen LogP contribution is -2.41. The Bertz CT molecular complexity index is 891. The number of azide groups is 1. The zero-order chi connectivity index (χ0) is 22.4. The van der Waals surface area contributed by atoms with Crippen molar-refractivity contribution in [1.82, 2.24) is 5.32 Å². The minimum Gasteiger partial charge on any atom is -0.359 e. The van der Waals surface area contributed by atoms with E-state index < -0.39 is 35.2 Å². The Morgan fingerprint density at radius 2 is 1.57 bits per heavy atom. The van der Waals surface area contributed by atoms with E-state index in [1.54, 1.807) is 18.2 Å². The molecule has 30 heavy (non-hydrogen) atoms. The first-order chi connectivity index (χ1) is 14.0. The maximum Gasteiger partial charge on any atom is 0.416 e. The highest BCUT2D eigenvalue weighted by atomic mass is 32.1. The number of halogens is 6. The van der Waals surface area contributed by atoms with Gasteiger partial charge in [0.1, 0.15) is 0 Å². The average molecular weight is 447 g/mol. The van der Waals surface area contributed by atoms with Crippen molar-refractivity contribution in [2.45, 2.75) is 24.8 Å². The molecule has 2 N–H and O–H groups in total. The fourth-order valence-corrected chi connectivity index (χ4v) is 2.86. The first kappa shape index (κ1) is 23.3. The van der Waals surface area contributed by atoms with E-state index in [0.717, 1.165) is 5.56 Å². The van der Waals surface area contributed by atoms with E-state index in [2.05, 4.69) is 20.7 Å². The van der Waals surface area contributed by atoms with E-state index >= 15 is 0 Å². The van der Waals surface area contributed by atoms with Gasteiger partial charge < -0.3 is 10.6 Å². The van der Waals surface area contributed by atoms with Crippen LogP contribution in [0.25, 0.3) is 10.4 Å². The quantitative estimate of drug-likeness (QED) is 0.189. The van der Waals surface area contributed by atoms with Crippen molar-refractivity contribution >= 4 is 23.0 Å². The van der Waals surface area contributed by atoms with Gasteiger partial charge in [-0.25, -0.2) is 0 Å². The Kier molecular flexibility index (Phi) is 7.52. The van der Waals surface area contributed by atoms with Crippen LogP contribution in [-0.2, 0) is 18.8 Å². The summed E-state index contributed by atoms with van der Waals surface area (Å²) in [7, 11) is 0. The van der Waals surface area contributed by atoms with Crippen molar-refractivity contribution in [1.29, 1.82) is 0 Å². The third kappa shape index (κ3) is 7.12. The summed E-state index contributed by atoms with van der Waals surface area (Å²) in [5, 5.41) is 8.35. The topological polar surface area (TPSA) is 72.8 Å². The Morgan fingerprint density at radius 1 is 1.00 bits per heavy atom. The third-order valence-corrected chi connectivity index (χ3v) is 4.09. The van der Waals surface area contributed by atoms with Crippen LogP contribution >= 0.6 is 12.2 Å². The Balaban J connectivity index is 2.20. The molecule has 0 aromatic heterocycles. The monoisotopic (exact) mass is 447 g/mol. The fraction of sp³-hybridized carbons (Fsp3) is 0.278. The molecule has 0 heterocycles. The second kappa shape index (κ2) is 9.68. The molecule has 160 valence electrons. The van der Waals surface area contributed by atoms with Crippen LogP contribution in [0.1, 0.15) is 16.7 Å². The molecule has 0 fully saturated rings. The summed E-state index contributed by atoms with van der Waals surface area (Å²) in [5.41, 5.74) is 6.00. The number of hydrogen-bond acceptors (Lipinski definition) is 2. The Labute approximate surface area is 172 Å². The molecule has 2 aromatic rings. The van der Waals surface area contributed by atoms with E-state index in [1.165, 1.54) is 0 Å². The largest absolute Gasteiger partial charge is 0.416 e. The van der Waals surface area contributed by atoms with Crippen LogP contribution < -0.4 is 10.6 Å². The first-order valence-corrected chi connectivity index (χ1v) is 8.81. The minimum atomic E-state index is -4.97. The number of nitrogens with one attached hydrogen (secondary N) is 2. The molecule has 0 aliphatic rings. The van der Waals surface area contributed by atoms with Crippen molar-refractivity contribution < 1.29 is 26.3 Å². The molecule has 0 aliphatic carbocycles. The van der Waals surface area contributed by atoms with Gasteiger partial charge in [-0.15, -0.1) is 0 Å². The highest BCUT2D eigenvalue weighted by Gasteiger charge is 2.37. The molecule has 2 rings (SSSR count). The molecule has 0 amide bonds. The van der Waals surface area contributed by atoms with Crippen molar-refractivity contribution in [2.24, 2.45) is 5.11 Å². The maximum absolute atomic E-state index is 13.0. The van der Waals surface area contributed by atoms with Gasteiger partial charge in [0.05, 0.1) is 11.1 Å². The molecule has 0 saturated carbocycles. The summed E-state index contributed by atoms with van der Waals surface area (Å²) in [6, 6.07) is 9.56. The van der Waals surface area contributed by atoms with E-state index in [4.69, 9.17) is 17.7 Å². The molecule has 2 aromatic carbocycles. The lowest BCUT2D eigenvalue weighted by atomic mass is 10.1. The van der Waals surface area contributed by atoms with Crippen LogP contribution in [0.5, 0.6) is 0 Å². The number of rotatable bonds is 6. The third-order valence-electron chi connectivity index (χ3n) is 3.87. The van der Waals surface area contributed by atoms with Crippen molar-refractivity contribution in [2.75, 3.05) is 11.9 Å². The predicted molar refractivity (Wildman–Crippen MR) is 104 cm³/mol. The normalized spacial score (nSPS) is 12.6. The number of nitrogens with zero attached hydrogens (tertiary/aromatic N) is 3. The van der Waals surface area contributed by atoms with Gasteiger partial charge >= 0.3 is 12.4 Å². The molecule has 0 aliphatic heterocycles. The minimum absolute atomic E-state index is 0.0293. The van der Waals surface area contributed by atoms with Crippen LogP contribution in [0.4, 0.5) is 32.0 Å². The molecule has 0 saturated heterocycles. The van der Waals surface area contributed by atoms with Crippen LogP contribution in [-0.4, -0.2) is 17.7 Å². The molecule has 5 nitrogen and oxygen atoms in total. The van der Waals surface area contributed by atoms with Crippen LogP contribution in [0.2, 0.25) is 0 Å². The van der Waals surface area contributed by atoms with E-state index in [-0.39, 0.29) is 17.7 Å². The Morgan fingerprint density at radius 3 is 2.07 bits per heavy atom. The number of thiocarbonyl (C=S) groups is 1. The highest BCUT2D eigenvalue weighted by Crippen LogP contribution is 2.37. The van der Waals surface area contributed by atoms with Gasteiger partial charge in [-0.1, -0.05) is 35.4 Å². The molecule has 0 radical (unpaired) electrons. The first-order valence-electron chi connectivity index (χ1n) is 8.41. The van der Waals surface area contributed by atoms with Crippen LogP contribution in [0.15, 0.2) is 53.6 Å². The van der Waals surface area contributed by atoms with Crippen molar-refractivity contribution in [3.05, 3.63) is 75.7 Å². The van der Waals surface area contributed by atoms with Gasteiger partial charge in [-0.2, -0.15) is 26.3 Å². The lowest BCUT2D eigenvalue weighted by Gasteiger charge is -2.20. The van der Waals surface area contributed by atoms with Crippen molar-refractivity contribution in [3.63, 3.8) is 0 Å².